The lowest BCUT2D eigenvalue weighted by atomic mass is 10.2. The van der Waals surface area contributed by atoms with Crippen LogP contribution in [0.15, 0.2) is 23.6 Å². The lowest BCUT2D eigenvalue weighted by molar-refractivity contribution is -0.137. The summed E-state index contributed by atoms with van der Waals surface area (Å²) in [5.74, 6) is -0.454. The average molecular weight is 364 g/mol. The van der Waals surface area contributed by atoms with E-state index in [9.17, 15) is 18.0 Å². The second kappa shape index (κ2) is 7.29. The zero-order chi connectivity index (χ0) is 17.0. The van der Waals surface area contributed by atoms with Crippen LogP contribution in [0.25, 0.3) is 0 Å². The van der Waals surface area contributed by atoms with Gasteiger partial charge in [-0.1, -0.05) is 11.6 Å². The highest BCUT2D eigenvalue weighted by molar-refractivity contribution is 7.09. The Hall–Kier alpha value is -1.64. The molecule has 0 saturated heterocycles. The van der Waals surface area contributed by atoms with Crippen LogP contribution in [0.1, 0.15) is 16.3 Å². The fourth-order valence-corrected chi connectivity index (χ4v) is 2.90. The molecule has 0 radical (unpaired) electrons. The number of alkyl halides is 3. The van der Waals surface area contributed by atoms with Crippen molar-refractivity contribution in [1.82, 2.24) is 4.98 Å². The van der Waals surface area contributed by atoms with Gasteiger partial charge >= 0.3 is 6.18 Å². The molecule has 4 nitrogen and oxygen atoms in total. The van der Waals surface area contributed by atoms with Crippen molar-refractivity contribution >= 4 is 34.5 Å². The number of hydrogen-bond acceptors (Lipinski definition) is 4. The third kappa shape index (κ3) is 4.92. The molecule has 0 fully saturated rings. The second-order valence-electron chi connectivity index (χ2n) is 4.69. The van der Waals surface area contributed by atoms with Gasteiger partial charge in [0.25, 0.3) is 0 Å². The Morgan fingerprint density at radius 3 is 2.78 bits per heavy atom. The van der Waals surface area contributed by atoms with Crippen LogP contribution in [0.2, 0.25) is 5.02 Å². The number of carbonyl (C=O) groups is 1. The van der Waals surface area contributed by atoms with E-state index in [2.05, 4.69) is 10.3 Å². The van der Waals surface area contributed by atoms with Crippen molar-refractivity contribution < 1.29 is 18.0 Å². The number of amides is 1. The van der Waals surface area contributed by atoms with Crippen LogP contribution in [0, 0.1) is 0 Å². The third-order valence-corrected chi connectivity index (χ3v) is 4.14. The van der Waals surface area contributed by atoms with Crippen molar-refractivity contribution in [3.05, 3.63) is 44.9 Å². The molecule has 1 aromatic heterocycles. The van der Waals surface area contributed by atoms with Crippen LogP contribution < -0.4 is 11.1 Å². The van der Waals surface area contributed by atoms with Gasteiger partial charge in [-0.2, -0.15) is 13.2 Å². The fourth-order valence-electron chi connectivity index (χ4n) is 1.86. The number of anilines is 1. The molecule has 2 rings (SSSR count). The van der Waals surface area contributed by atoms with Crippen LogP contribution in [-0.4, -0.2) is 17.4 Å². The predicted octanol–water partition coefficient (Wildman–Crippen LogP) is 3.50. The average Bonchev–Trinajstić information content (AvgIpc) is 2.87. The SMILES string of the molecule is NCCc1nc(CC(=O)Nc2ccc(Cl)c(C(F)(F)F)c2)cs1. The van der Waals surface area contributed by atoms with Gasteiger partial charge in [0.05, 0.1) is 27.7 Å². The summed E-state index contributed by atoms with van der Waals surface area (Å²) in [5.41, 5.74) is 5.02. The van der Waals surface area contributed by atoms with Crippen LogP contribution >= 0.6 is 22.9 Å². The quantitative estimate of drug-likeness (QED) is 0.854. The number of nitrogens with zero attached hydrogens (tertiary/aromatic N) is 1. The molecule has 0 unspecified atom stereocenters. The normalized spacial score (nSPS) is 11.5. The minimum atomic E-state index is -4.58. The molecular weight excluding hydrogens is 351 g/mol. The van der Waals surface area contributed by atoms with Crippen LogP contribution in [0.3, 0.4) is 0 Å². The molecule has 3 N–H and O–H groups in total. The van der Waals surface area contributed by atoms with Gasteiger partial charge in [-0.3, -0.25) is 4.79 Å². The topological polar surface area (TPSA) is 68.0 Å². The zero-order valence-corrected chi connectivity index (χ0v) is 13.4. The summed E-state index contributed by atoms with van der Waals surface area (Å²) in [6, 6.07) is 3.22. The van der Waals surface area contributed by atoms with E-state index in [1.807, 2.05) is 0 Å². The van der Waals surface area contributed by atoms with Crippen molar-refractivity contribution in [2.75, 3.05) is 11.9 Å². The molecule has 1 amide bonds. The number of hydrogen-bond donors (Lipinski definition) is 2. The van der Waals surface area contributed by atoms with E-state index < -0.39 is 22.7 Å². The van der Waals surface area contributed by atoms with Gasteiger partial charge in [0.1, 0.15) is 0 Å². The Labute approximate surface area is 139 Å². The van der Waals surface area contributed by atoms with Gasteiger partial charge in [0, 0.05) is 17.5 Å². The van der Waals surface area contributed by atoms with Crippen LogP contribution in [-0.2, 0) is 23.8 Å². The number of carbonyl (C=O) groups excluding carboxylic acids is 1. The number of rotatable bonds is 5. The molecule has 0 spiro atoms. The van der Waals surface area contributed by atoms with E-state index in [1.54, 1.807) is 5.38 Å². The summed E-state index contributed by atoms with van der Waals surface area (Å²) in [4.78, 5) is 16.1. The maximum absolute atomic E-state index is 12.8. The highest BCUT2D eigenvalue weighted by atomic mass is 35.5. The summed E-state index contributed by atoms with van der Waals surface area (Å²) in [7, 11) is 0. The van der Waals surface area contributed by atoms with Crippen molar-refractivity contribution in [2.45, 2.75) is 19.0 Å². The Kier molecular flexibility index (Phi) is 5.61. The molecule has 0 bridgehead atoms. The summed E-state index contributed by atoms with van der Waals surface area (Å²) in [5, 5.41) is 4.55. The minimum absolute atomic E-state index is 0.0228. The molecular formula is C14H13ClF3N3OS. The minimum Gasteiger partial charge on any atom is -0.330 e. The number of nitrogens with two attached hydrogens (primary N) is 1. The van der Waals surface area contributed by atoms with Gasteiger partial charge in [-0.05, 0) is 24.7 Å². The third-order valence-electron chi connectivity index (χ3n) is 2.85. The van der Waals surface area contributed by atoms with Gasteiger partial charge in [0.2, 0.25) is 5.91 Å². The van der Waals surface area contributed by atoms with Gasteiger partial charge in [0.15, 0.2) is 0 Å². The lowest BCUT2D eigenvalue weighted by Crippen LogP contribution is -2.15. The van der Waals surface area contributed by atoms with Crippen LogP contribution in [0.5, 0.6) is 0 Å². The molecule has 1 heterocycles. The molecule has 0 atom stereocenters. The number of nitrogens with one attached hydrogen (secondary N) is 1. The standard InChI is InChI=1S/C14H13ClF3N3OS/c15-11-2-1-8(5-10(11)14(16,17)18)20-12(22)6-9-7-23-13(21-9)3-4-19/h1-2,5,7H,3-4,6,19H2,(H,20,22). The number of halogens is 4. The van der Waals surface area contributed by atoms with Gasteiger partial charge < -0.3 is 11.1 Å². The Morgan fingerprint density at radius 1 is 1.39 bits per heavy atom. The highest BCUT2D eigenvalue weighted by Gasteiger charge is 2.33. The summed E-state index contributed by atoms with van der Waals surface area (Å²) in [6.07, 6.45) is -3.98. The molecule has 0 aliphatic rings. The first-order chi connectivity index (χ1) is 10.8. The monoisotopic (exact) mass is 363 g/mol. The van der Waals surface area contributed by atoms with E-state index in [1.165, 1.54) is 17.4 Å². The first-order valence-electron chi connectivity index (χ1n) is 6.59. The smallest absolute Gasteiger partial charge is 0.330 e. The molecule has 0 aliphatic carbocycles. The zero-order valence-electron chi connectivity index (χ0n) is 11.8. The highest BCUT2D eigenvalue weighted by Crippen LogP contribution is 2.36. The summed E-state index contributed by atoms with van der Waals surface area (Å²) in [6.45, 7) is 0.462. The Bertz CT molecular complexity index is 703. The Balaban J connectivity index is 2.05. The van der Waals surface area contributed by atoms with Crippen molar-refractivity contribution in [3.8, 4) is 0 Å². The van der Waals surface area contributed by atoms with Crippen molar-refractivity contribution in [3.63, 3.8) is 0 Å². The molecule has 124 valence electrons. The summed E-state index contributed by atoms with van der Waals surface area (Å²) >= 11 is 6.92. The van der Waals surface area contributed by atoms with E-state index in [0.29, 0.717) is 18.7 Å². The predicted molar refractivity (Wildman–Crippen MR) is 83.7 cm³/mol. The largest absolute Gasteiger partial charge is 0.417 e. The maximum atomic E-state index is 12.8. The number of aromatic nitrogens is 1. The summed E-state index contributed by atoms with van der Waals surface area (Å²) < 4.78 is 38.3. The first-order valence-corrected chi connectivity index (χ1v) is 7.85. The molecule has 0 saturated carbocycles. The van der Waals surface area contributed by atoms with Crippen LogP contribution in [0.4, 0.5) is 18.9 Å². The van der Waals surface area contributed by atoms with E-state index >= 15 is 0 Å². The Morgan fingerprint density at radius 2 is 2.13 bits per heavy atom. The first kappa shape index (κ1) is 17.7. The molecule has 2 aromatic rings. The van der Waals surface area contributed by atoms with Crippen molar-refractivity contribution in [1.29, 1.82) is 0 Å². The van der Waals surface area contributed by atoms with E-state index in [4.69, 9.17) is 17.3 Å². The number of benzene rings is 1. The second-order valence-corrected chi connectivity index (χ2v) is 6.04. The number of thiazole rings is 1. The fraction of sp³-hybridized carbons (Fsp3) is 0.286. The maximum Gasteiger partial charge on any atom is 0.417 e. The van der Waals surface area contributed by atoms with Gasteiger partial charge in [-0.25, -0.2) is 4.98 Å². The van der Waals surface area contributed by atoms with E-state index in [-0.39, 0.29) is 12.1 Å². The van der Waals surface area contributed by atoms with E-state index in [0.717, 1.165) is 17.1 Å². The molecule has 1 aromatic carbocycles. The lowest BCUT2D eigenvalue weighted by Gasteiger charge is -2.11. The van der Waals surface area contributed by atoms with Crippen molar-refractivity contribution in [2.24, 2.45) is 5.73 Å². The molecule has 23 heavy (non-hydrogen) atoms. The van der Waals surface area contributed by atoms with Gasteiger partial charge in [-0.15, -0.1) is 11.3 Å². The molecule has 0 aliphatic heterocycles. The molecule has 9 heteroatoms.